The lowest BCUT2D eigenvalue weighted by Gasteiger charge is -2.31. The predicted molar refractivity (Wildman–Crippen MR) is 173 cm³/mol. The summed E-state index contributed by atoms with van der Waals surface area (Å²) in [6.07, 6.45) is -8.96. The minimum atomic E-state index is -4.87. The molecule has 15 heteroatoms. The van der Waals surface area contributed by atoms with Gasteiger partial charge < -0.3 is 19.9 Å². The van der Waals surface area contributed by atoms with Gasteiger partial charge in [-0.15, -0.1) is 0 Å². The number of carboxylic acids is 1. The van der Waals surface area contributed by atoms with Crippen LogP contribution in [-0.4, -0.2) is 46.1 Å². The second-order valence-corrected chi connectivity index (χ2v) is 13.5. The molecule has 1 unspecified atom stereocenters. The van der Waals surface area contributed by atoms with Gasteiger partial charge in [0.25, 0.3) is 5.56 Å². The maximum atomic E-state index is 16.5. The smallest absolute Gasteiger partial charge is 0.416 e. The van der Waals surface area contributed by atoms with Gasteiger partial charge in [-0.25, -0.2) is 8.78 Å². The van der Waals surface area contributed by atoms with Crippen LogP contribution in [0.1, 0.15) is 84.1 Å². The molecule has 3 aromatic rings. The minimum absolute atomic E-state index is 0.000548. The van der Waals surface area contributed by atoms with Crippen LogP contribution in [0.5, 0.6) is 0 Å². The third kappa shape index (κ3) is 8.97. The molecule has 1 aliphatic rings. The van der Waals surface area contributed by atoms with Gasteiger partial charge in [0, 0.05) is 29.9 Å². The number of carboxylic acid groups (broad SMARTS) is 1. The fraction of sp³-hybridized carbons (Fsp3) is 0.472. The number of hydrogen-bond donors (Lipinski definition) is 2. The van der Waals surface area contributed by atoms with Crippen molar-refractivity contribution in [3.63, 3.8) is 0 Å². The third-order valence-corrected chi connectivity index (χ3v) is 9.04. The Morgan fingerprint density at radius 2 is 1.51 bits per heavy atom. The van der Waals surface area contributed by atoms with Crippen LogP contribution in [-0.2, 0) is 28.4 Å². The average Bonchev–Trinajstić information content (AvgIpc) is 2.96. The van der Waals surface area contributed by atoms with Gasteiger partial charge in [-0.3, -0.25) is 14.4 Å². The Balaban J connectivity index is 1.82. The molecule has 2 atom stereocenters. The number of nitrogens with zero attached hydrogens (tertiary/aromatic N) is 2. The van der Waals surface area contributed by atoms with E-state index in [2.05, 4.69) is 5.32 Å². The quantitative estimate of drug-likeness (QED) is 0.185. The highest BCUT2D eigenvalue weighted by Crippen LogP contribution is 2.40. The van der Waals surface area contributed by atoms with E-state index in [1.807, 2.05) is 4.90 Å². The zero-order chi connectivity index (χ0) is 38.2. The number of amides is 1. The van der Waals surface area contributed by atoms with Gasteiger partial charge >= 0.3 is 18.3 Å². The normalized spacial score (nSPS) is 15.1. The Labute approximate surface area is 289 Å². The number of hydrogen-bond acceptors (Lipinski definition) is 4. The van der Waals surface area contributed by atoms with Crippen LogP contribution in [0.2, 0.25) is 0 Å². The van der Waals surface area contributed by atoms with Crippen molar-refractivity contribution in [1.29, 1.82) is 0 Å². The van der Waals surface area contributed by atoms with Crippen LogP contribution >= 0.6 is 0 Å². The molecule has 7 nitrogen and oxygen atoms in total. The minimum Gasteiger partial charge on any atom is -0.481 e. The Kier molecular flexibility index (Phi) is 11.7. The largest absolute Gasteiger partial charge is 0.481 e. The predicted octanol–water partition coefficient (Wildman–Crippen LogP) is 7.92. The van der Waals surface area contributed by atoms with Crippen molar-refractivity contribution in [3.05, 3.63) is 91.4 Å². The molecule has 2 aromatic carbocycles. The zero-order valence-electron chi connectivity index (χ0n) is 28.7. The van der Waals surface area contributed by atoms with E-state index < -0.39 is 76.6 Å². The van der Waals surface area contributed by atoms with Crippen molar-refractivity contribution >= 4 is 11.9 Å². The molecule has 2 heterocycles. The maximum absolute atomic E-state index is 16.5. The molecule has 4 rings (SSSR count). The van der Waals surface area contributed by atoms with Gasteiger partial charge in [0.15, 0.2) is 0 Å². The van der Waals surface area contributed by atoms with Crippen LogP contribution in [0.25, 0.3) is 11.1 Å². The molecule has 0 spiro atoms. The number of aliphatic carboxylic acids is 1. The number of carbonyl (C=O) groups excluding carboxylic acids is 1. The number of likely N-dealkylation sites (tertiary alicyclic amines) is 1. The number of pyridine rings is 1. The van der Waals surface area contributed by atoms with Gasteiger partial charge in [-0.2, -0.15) is 26.3 Å². The van der Waals surface area contributed by atoms with Crippen LogP contribution in [0.15, 0.2) is 35.3 Å². The second-order valence-electron chi connectivity index (χ2n) is 13.5. The number of aromatic nitrogens is 1. The van der Waals surface area contributed by atoms with Crippen LogP contribution in [0.3, 0.4) is 0 Å². The fourth-order valence-corrected chi connectivity index (χ4v) is 6.48. The molecule has 1 aliphatic heterocycles. The van der Waals surface area contributed by atoms with Crippen molar-refractivity contribution in [2.24, 2.45) is 5.92 Å². The number of benzene rings is 2. The summed E-state index contributed by atoms with van der Waals surface area (Å²) in [6, 6.07) is -0.328. The molecule has 1 saturated heterocycles. The van der Waals surface area contributed by atoms with Gasteiger partial charge in [0.2, 0.25) is 5.91 Å². The summed E-state index contributed by atoms with van der Waals surface area (Å²) in [6.45, 7) is 8.89. The van der Waals surface area contributed by atoms with Gasteiger partial charge in [-0.05, 0) is 105 Å². The number of nitrogens with one attached hydrogen (secondary N) is 1. The molecule has 1 amide bonds. The first-order valence-electron chi connectivity index (χ1n) is 16.3. The molecule has 0 bridgehead atoms. The molecular weight excluding hydrogens is 690 g/mol. The van der Waals surface area contributed by atoms with Gasteiger partial charge in [0.1, 0.15) is 17.7 Å². The number of alkyl halides is 6. The van der Waals surface area contributed by atoms with E-state index in [9.17, 15) is 45.8 Å². The molecule has 1 aromatic heterocycles. The molecule has 2 N–H and O–H groups in total. The van der Waals surface area contributed by atoms with E-state index in [0.717, 1.165) is 35.4 Å². The highest BCUT2D eigenvalue weighted by atomic mass is 19.4. The highest BCUT2D eigenvalue weighted by molar-refractivity contribution is 5.82. The number of rotatable bonds is 12. The average molecular weight is 730 g/mol. The van der Waals surface area contributed by atoms with Gasteiger partial charge in [-0.1, -0.05) is 13.8 Å². The van der Waals surface area contributed by atoms with Crippen LogP contribution in [0.4, 0.5) is 35.1 Å². The van der Waals surface area contributed by atoms with E-state index in [0.29, 0.717) is 19.2 Å². The maximum Gasteiger partial charge on any atom is 0.416 e. The Morgan fingerprint density at radius 1 is 0.902 bits per heavy atom. The Hall–Kier alpha value is -4.27. The number of aryl methyl sites for hydroxylation is 3. The molecule has 1 fully saturated rings. The SMILES string of the molecule is Cc1cc(-c2c(C)cc(C(F)(F)F)cc2C)c(F)c([C@H](CC(=O)O)NC(=O)C(CC(C)C)n2cc(CCN3CCC3)c(C(F)(F)F)cc2=O)c1F. The fourth-order valence-electron chi connectivity index (χ4n) is 6.48. The molecule has 0 radical (unpaired) electrons. The lowest BCUT2D eigenvalue weighted by Crippen LogP contribution is -2.41. The summed E-state index contributed by atoms with van der Waals surface area (Å²) < 4.78 is 116. The monoisotopic (exact) mass is 729 g/mol. The van der Waals surface area contributed by atoms with E-state index >= 15 is 8.78 Å². The number of carbonyl (C=O) groups is 2. The molecule has 0 aliphatic carbocycles. The van der Waals surface area contributed by atoms with Crippen molar-refractivity contribution in [2.45, 2.75) is 84.7 Å². The van der Waals surface area contributed by atoms with Gasteiger partial charge in [0.05, 0.1) is 23.6 Å². The number of halogens is 8. The van der Waals surface area contributed by atoms with Crippen molar-refractivity contribution in [2.75, 3.05) is 19.6 Å². The summed E-state index contributed by atoms with van der Waals surface area (Å²) in [5.74, 6) is -5.53. The van der Waals surface area contributed by atoms with Crippen molar-refractivity contribution in [1.82, 2.24) is 14.8 Å². The lowest BCUT2D eigenvalue weighted by atomic mass is 9.88. The van der Waals surface area contributed by atoms with Crippen LogP contribution in [0, 0.1) is 38.3 Å². The first-order chi connectivity index (χ1) is 23.6. The van der Waals surface area contributed by atoms with E-state index in [1.165, 1.54) is 20.8 Å². The summed E-state index contributed by atoms with van der Waals surface area (Å²) in [5.41, 5.74) is -4.94. The van der Waals surface area contributed by atoms with Crippen LogP contribution < -0.4 is 10.9 Å². The highest BCUT2D eigenvalue weighted by Gasteiger charge is 2.37. The third-order valence-electron chi connectivity index (χ3n) is 9.04. The Bertz CT molecular complexity index is 1840. The molecule has 278 valence electrons. The first kappa shape index (κ1) is 39.5. The summed E-state index contributed by atoms with van der Waals surface area (Å²) in [7, 11) is 0. The zero-order valence-corrected chi connectivity index (χ0v) is 28.7. The van der Waals surface area contributed by atoms with E-state index in [4.69, 9.17) is 0 Å². The second kappa shape index (κ2) is 15.1. The van der Waals surface area contributed by atoms with E-state index in [1.54, 1.807) is 13.8 Å². The first-order valence-corrected chi connectivity index (χ1v) is 16.3. The molecule has 51 heavy (non-hydrogen) atoms. The van der Waals surface area contributed by atoms with Crippen molar-refractivity contribution in [3.8, 4) is 11.1 Å². The summed E-state index contributed by atoms with van der Waals surface area (Å²) >= 11 is 0. The summed E-state index contributed by atoms with van der Waals surface area (Å²) in [5, 5.41) is 12.1. The van der Waals surface area contributed by atoms with Crippen molar-refractivity contribution < 1.29 is 49.8 Å². The molecular formula is C36H39F8N3O4. The van der Waals surface area contributed by atoms with E-state index in [-0.39, 0.29) is 58.7 Å². The standard InChI is InChI=1S/C36H39F8N3O4/c1-18(2)11-27(47-17-22(7-10-46-8-6-9-46)25(15-28(47)48)36(42,43)44)34(51)45-26(16-29(49)50)31-32(37)21(5)14-24(33(31)38)30-19(3)12-23(13-20(30)4)35(39,40)41/h12-15,17-18,26-27H,6-11,16H2,1-5H3,(H,45,51)(H,49,50)/t26-,27?/m0/s1. The lowest BCUT2D eigenvalue weighted by molar-refractivity contribution is -0.139. The summed E-state index contributed by atoms with van der Waals surface area (Å²) in [4.78, 5) is 41.1. The topological polar surface area (TPSA) is 91.6 Å². The molecule has 0 saturated carbocycles. The Morgan fingerprint density at radius 3 is 2.00 bits per heavy atom.